The Balaban J connectivity index is 1.49. The van der Waals surface area contributed by atoms with Gasteiger partial charge in [-0.25, -0.2) is 13.4 Å². The smallest absolute Gasteiger partial charge is 0.252 e. The number of rotatable bonds is 5. The summed E-state index contributed by atoms with van der Waals surface area (Å²) in [6, 6.07) is 8.97. The van der Waals surface area contributed by atoms with E-state index in [9.17, 15) is 13.2 Å². The standard InChI is InChI=1S/C19H21N3O3S3/c1-13-6-4-8-15-18(13)21-19(27-15)20-16(23)12-14-7-2-3-10-22(14)28(24,25)17-9-5-11-26-17/h4-6,8-9,11,14H,2-3,7,10,12H2,1H3,(H,20,21,23)/t14-/m0/s1. The van der Waals surface area contributed by atoms with Crippen molar-refractivity contribution in [1.82, 2.24) is 9.29 Å². The molecule has 0 saturated carbocycles. The number of nitrogens with zero attached hydrogens (tertiary/aromatic N) is 2. The summed E-state index contributed by atoms with van der Waals surface area (Å²) < 4.78 is 28.8. The molecule has 0 radical (unpaired) electrons. The molecule has 148 valence electrons. The van der Waals surface area contributed by atoms with Crippen molar-refractivity contribution in [3.05, 3.63) is 41.3 Å². The number of aromatic nitrogens is 1. The van der Waals surface area contributed by atoms with E-state index in [2.05, 4.69) is 10.3 Å². The van der Waals surface area contributed by atoms with E-state index in [1.54, 1.807) is 17.5 Å². The molecule has 1 aliphatic rings. The van der Waals surface area contributed by atoms with Crippen molar-refractivity contribution in [2.75, 3.05) is 11.9 Å². The fraction of sp³-hybridized carbons (Fsp3) is 0.368. The summed E-state index contributed by atoms with van der Waals surface area (Å²) >= 11 is 2.65. The number of carbonyl (C=O) groups excluding carboxylic acids is 1. The first-order valence-electron chi connectivity index (χ1n) is 9.16. The predicted octanol–water partition coefficient (Wildman–Crippen LogP) is 4.24. The van der Waals surface area contributed by atoms with Crippen LogP contribution in [-0.2, 0) is 14.8 Å². The molecule has 9 heteroatoms. The number of thiazole rings is 1. The Labute approximate surface area is 172 Å². The largest absolute Gasteiger partial charge is 0.302 e. The average Bonchev–Trinajstić information content (AvgIpc) is 3.32. The fourth-order valence-electron chi connectivity index (χ4n) is 3.54. The fourth-order valence-corrected chi connectivity index (χ4v) is 7.32. The molecule has 1 N–H and O–H groups in total. The molecular weight excluding hydrogens is 414 g/mol. The van der Waals surface area contributed by atoms with E-state index in [0.717, 1.165) is 28.6 Å². The van der Waals surface area contributed by atoms with Crippen LogP contribution in [0.15, 0.2) is 39.9 Å². The average molecular weight is 436 g/mol. The lowest BCUT2D eigenvalue weighted by atomic mass is 10.0. The van der Waals surface area contributed by atoms with Crippen molar-refractivity contribution in [1.29, 1.82) is 0 Å². The van der Waals surface area contributed by atoms with Crippen LogP contribution in [0.3, 0.4) is 0 Å². The van der Waals surface area contributed by atoms with Gasteiger partial charge >= 0.3 is 0 Å². The zero-order chi connectivity index (χ0) is 19.7. The zero-order valence-electron chi connectivity index (χ0n) is 15.4. The van der Waals surface area contributed by atoms with Crippen molar-refractivity contribution in [2.45, 2.75) is 42.9 Å². The maximum absolute atomic E-state index is 12.9. The molecule has 0 aliphatic carbocycles. The van der Waals surface area contributed by atoms with Gasteiger partial charge in [0.05, 0.1) is 10.2 Å². The molecule has 1 atom stereocenters. The van der Waals surface area contributed by atoms with E-state index < -0.39 is 10.0 Å². The highest BCUT2D eigenvalue weighted by molar-refractivity contribution is 7.91. The van der Waals surface area contributed by atoms with Gasteiger partial charge in [-0.3, -0.25) is 4.79 Å². The summed E-state index contributed by atoms with van der Waals surface area (Å²) in [7, 11) is -3.55. The van der Waals surface area contributed by atoms with Crippen LogP contribution in [0.1, 0.15) is 31.2 Å². The summed E-state index contributed by atoms with van der Waals surface area (Å²) in [5, 5.41) is 5.17. The van der Waals surface area contributed by atoms with Crippen LogP contribution in [0.2, 0.25) is 0 Å². The lowest BCUT2D eigenvalue weighted by molar-refractivity contribution is -0.117. The van der Waals surface area contributed by atoms with Crippen molar-refractivity contribution < 1.29 is 13.2 Å². The lowest BCUT2D eigenvalue weighted by Crippen LogP contribution is -2.45. The molecule has 1 amide bonds. The predicted molar refractivity (Wildman–Crippen MR) is 113 cm³/mol. The number of hydrogen-bond donors (Lipinski definition) is 1. The number of nitrogens with one attached hydrogen (secondary N) is 1. The van der Waals surface area contributed by atoms with Crippen molar-refractivity contribution >= 4 is 54.0 Å². The Kier molecular flexibility index (Phi) is 5.50. The summed E-state index contributed by atoms with van der Waals surface area (Å²) in [6.07, 6.45) is 2.57. The Morgan fingerprint density at radius 2 is 2.14 bits per heavy atom. The maximum Gasteiger partial charge on any atom is 0.252 e. The maximum atomic E-state index is 12.9. The van der Waals surface area contributed by atoms with Gasteiger partial charge in [0.25, 0.3) is 10.0 Å². The Morgan fingerprint density at radius 1 is 1.29 bits per heavy atom. The number of benzene rings is 1. The van der Waals surface area contributed by atoms with Gasteiger partial charge in [-0.2, -0.15) is 4.31 Å². The van der Waals surface area contributed by atoms with E-state index in [1.165, 1.54) is 27.0 Å². The zero-order valence-corrected chi connectivity index (χ0v) is 17.9. The van der Waals surface area contributed by atoms with Gasteiger partial charge < -0.3 is 5.32 Å². The summed E-state index contributed by atoms with van der Waals surface area (Å²) in [4.78, 5) is 17.1. The van der Waals surface area contributed by atoms with Crippen LogP contribution < -0.4 is 5.32 Å². The van der Waals surface area contributed by atoms with E-state index in [1.807, 2.05) is 25.1 Å². The van der Waals surface area contributed by atoms with Crippen LogP contribution in [0.5, 0.6) is 0 Å². The van der Waals surface area contributed by atoms with Crippen molar-refractivity contribution in [3.8, 4) is 0 Å². The van der Waals surface area contributed by atoms with Gasteiger partial charge in [0.1, 0.15) is 4.21 Å². The number of thiophene rings is 1. The topological polar surface area (TPSA) is 79.4 Å². The molecule has 4 rings (SSSR count). The number of hydrogen-bond acceptors (Lipinski definition) is 6. The second-order valence-electron chi connectivity index (χ2n) is 6.89. The molecule has 1 fully saturated rings. The number of sulfonamides is 1. The first-order valence-corrected chi connectivity index (χ1v) is 12.3. The SMILES string of the molecule is Cc1cccc2sc(NC(=O)C[C@@H]3CCCCN3S(=O)(=O)c3cccs3)nc12. The highest BCUT2D eigenvalue weighted by atomic mass is 32.2. The molecule has 0 unspecified atom stereocenters. The van der Waals surface area contributed by atoms with Gasteiger partial charge in [0, 0.05) is 19.0 Å². The van der Waals surface area contributed by atoms with E-state index >= 15 is 0 Å². The van der Waals surface area contributed by atoms with Crippen molar-refractivity contribution in [3.63, 3.8) is 0 Å². The molecule has 6 nitrogen and oxygen atoms in total. The van der Waals surface area contributed by atoms with Crippen LogP contribution in [0, 0.1) is 6.92 Å². The quantitative estimate of drug-likeness (QED) is 0.650. The van der Waals surface area contributed by atoms with Gasteiger partial charge in [-0.15, -0.1) is 11.3 Å². The van der Waals surface area contributed by atoms with E-state index in [4.69, 9.17) is 0 Å². The van der Waals surface area contributed by atoms with Gasteiger partial charge in [-0.1, -0.05) is 36.0 Å². The second-order valence-corrected chi connectivity index (χ2v) is 11.0. The van der Waals surface area contributed by atoms with Crippen LogP contribution in [0.25, 0.3) is 10.2 Å². The third kappa shape index (κ3) is 3.84. The number of fused-ring (bicyclic) bond motifs is 1. The number of aryl methyl sites for hydroxylation is 1. The molecule has 1 aliphatic heterocycles. The van der Waals surface area contributed by atoms with Crippen LogP contribution in [-0.4, -0.2) is 36.2 Å². The number of amides is 1. The summed E-state index contributed by atoms with van der Waals surface area (Å²) in [5.74, 6) is -0.199. The third-order valence-electron chi connectivity index (χ3n) is 4.92. The summed E-state index contributed by atoms with van der Waals surface area (Å²) in [6.45, 7) is 2.45. The minimum atomic E-state index is -3.55. The minimum Gasteiger partial charge on any atom is -0.302 e. The Hall–Kier alpha value is -1.81. The molecule has 3 heterocycles. The first kappa shape index (κ1) is 19.5. The molecule has 28 heavy (non-hydrogen) atoms. The number of carbonyl (C=O) groups is 1. The lowest BCUT2D eigenvalue weighted by Gasteiger charge is -2.33. The highest BCUT2D eigenvalue weighted by Crippen LogP contribution is 2.31. The molecular formula is C19H21N3O3S3. The Bertz CT molecular complexity index is 1090. The monoisotopic (exact) mass is 435 g/mol. The first-order chi connectivity index (χ1) is 13.4. The molecule has 1 saturated heterocycles. The van der Waals surface area contributed by atoms with E-state index in [0.29, 0.717) is 22.3 Å². The normalized spacial score (nSPS) is 18.4. The third-order valence-corrected chi connectivity index (χ3v) is 9.18. The molecule has 0 bridgehead atoms. The second kappa shape index (κ2) is 7.90. The minimum absolute atomic E-state index is 0.138. The van der Waals surface area contributed by atoms with Crippen molar-refractivity contribution in [2.24, 2.45) is 0 Å². The molecule has 2 aromatic heterocycles. The summed E-state index contributed by atoms with van der Waals surface area (Å²) in [5.41, 5.74) is 1.96. The van der Waals surface area contributed by atoms with E-state index in [-0.39, 0.29) is 18.4 Å². The van der Waals surface area contributed by atoms with Gasteiger partial charge in [0.15, 0.2) is 5.13 Å². The van der Waals surface area contributed by atoms with Crippen LogP contribution in [0.4, 0.5) is 5.13 Å². The number of anilines is 1. The molecule has 3 aromatic rings. The highest BCUT2D eigenvalue weighted by Gasteiger charge is 2.35. The molecule has 0 spiro atoms. The number of para-hydroxylation sites is 1. The number of piperidine rings is 1. The molecule has 1 aromatic carbocycles. The Morgan fingerprint density at radius 3 is 2.89 bits per heavy atom. The van der Waals surface area contributed by atoms with Gasteiger partial charge in [-0.05, 0) is 42.8 Å². The van der Waals surface area contributed by atoms with Gasteiger partial charge in [0.2, 0.25) is 5.91 Å². The van der Waals surface area contributed by atoms with Crippen LogP contribution >= 0.6 is 22.7 Å².